The summed E-state index contributed by atoms with van der Waals surface area (Å²) in [6.07, 6.45) is 0. The number of halogens is 2. The number of hydrogen-bond donors (Lipinski definition) is 1. The second-order valence-electron chi connectivity index (χ2n) is 9.21. The Labute approximate surface area is 245 Å². The van der Waals surface area contributed by atoms with Crippen molar-refractivity contribution in [3.05, 3.63) is 95.0 Å². The Bertz CT molecular complexity index is 1680. The molecule has 12 heteroatoms. The van der Waals surface area contributed by atoms with Gasteiger partial charge in [-0.2, -0.15) is 0 Å². The average molecular weight is 617 g/mol. The molecule has 6 rings (SSSR count). The highest BCUT2D eigenvalue weighted by Gasteiger charge is 2.57. The lowest BCUT2D eigenvalue weighted by molar-refractivity contribution is -0.122. The first-order chi connectivity index (χ1) is 18.7. The number of nitrogens with one attached hydrogen (secondary N) is 1. The minimum Gasteiger partial charge on any atom is -0.324 e. The third-order valence-corrected chi connectivity index (χ3v) is 11.0. The summed E-state index contributed by atoms with van der Waals surface area (Å²) in [5, 5.41) is 5.13. The van der Waals surface area contributed by atoms with Crippen LogP contribution < -0.4 is 15.1 Å². The Hall–Kier alpha value is -2.89. The number of amides is 3. The molecule has 2 aliphatic rings. The van der Waals surface area contributed by atoms with E-state index in [9.17, 15) is 19.2 Å². The summed E-state index contributed by atoms with van der Waals surface area (Å²) in [6.45, 7) is 1.69. The summed E-state index contributed by atoms with van der Waals surface area (Å²) < 4.78 is 1.39. The molecule has 198 valence electrons. The molecule has 4 heterocycles. The highest BCUT2D eigenvalue weighted by Crippen LogP contribution is 2.54. The summed E-state index contributed by atoms with van der Waals surface area (Å²) in [6, 6.07) is 15.8. The van der Waals surface area contributed by atoms with Crippen molar-refractivity contribution >= 4 is 86.7 Å². The van der Waals surface area contributed by atoms with Crippen LogP contribution in [0, 0.1) is 12.8 Å². The van der Waals surface area contributed by atoms with Crippen molar-refractivity contribution in [1.82, 2.24) is 4.57 Å². The van der Waals surface area contributed by atoms with Crippen LogP contribution in [0.4, 0.5) is 11.4 Å². The molecule has 1 N–H and O–H groups in total. The summed E-state index contributed by atoms with van der Waals surface area (Å²) in [5.74, 6) is -2.16. The molecule has 2 aromatic carbocycles. The second-order valence-corrected chi connectivity index (χ2v) is 13.1. The number of carbonyl (C=O) groups excluding carboxylic acids is 3. The van der Waals surface area contributed by atoms with Gasteiger partial charge in [0.15, 0.2) is 0 Å². The number of thioether (sulfide) groups is 1. The highest BCUT2D eigenvalue weighted by molar-refractivity contribution is 8.00. The molecule has 4 aromatic rings. The molecule has 0 radical (unpaired) electrons. The number of rotatable bonds is 5. The largest absolute Gasteiger partial charge is 0.324 e. The second kappa shape index (κ2) is 10.3. The topological polar surface area (TPSA) is 88.5 Å². The summed E-state index contributed by atoms with van der Waals surface area (Å²) in [5.41, 5.74) is 1.99. The molecule has 2 aromatic heterocycles. The van der Waals surface area contributed by atoms with Gasteiger partial charge in [0.2, 0.25) is 17.7 Å². The number of thiophene rings is 1. The fourth-order valence-electron chi connectivity index (χ4n) is 4.90. The van der Waals surface area contributed by atoms with E-state index in [1.165, 1.54) is 38.6 Å². The summed E-state index contributed by atoms with van der Waals surface area (Å²) >= 11 is 15.7. The number of aromatic nitrogens is 1. The molecule has 1 fully saturated rings. The number of anilines is 2. The number of imide groups is 1. The van der Waals surface area contributed by atoms with E-state index in [4.69, 9.17) is 23.2 Å². The zero-order valence-corrected chi connectivity index (χ0v) is 24.2. The number of carbonyl (C=O) groups is 3. The standard InChI is InChI=1S/C27H19Cl2N3O4S3/c1-13-4-7-15(8-5-13)32-24(34)21-20(18-3-2-10-37-18)23-26(38-22(21)25(32)35)31(27(36)39-23)12-19(33)30-14-6-9-16(28)17(29)11-14/h2-11,20-22H,12H2,1H3,(H,30,33). The molecular weight excluding hydrogens is 597 g/mol. The molecule has 0 saturated carbocycles. The van der Waals surface area contributed by atoms with E-state index < -0.39 is 23.0 Å². The Morgan fingerprint density at radius 1 is 1.00 bits per heavy atom. The van der Waals surface area contributed by atoms with Crippen molar-refractivity contribution < 1.29 is 14.4 Å². The van der Waals surface area contributed by atoms with E-state index in [0.29, 0.717) is 31.3 Å². The predicted octanol–water partition coefficient (Wildman–Crippen LogP) is 6.02. The molecule has 3 atom stereocenters. The fraction of sp³-hybridized carbons (Fsp3) is 0.185. The van der Waals surface area contributed by atoms with Gasteiger partial charge in [0.1, 0.15) is 11.8 Å². The Kier molecular flexibility index (Phi) is 6.93. The zero-order chi connectivity index (χ0) is 27.4. The molecule has 2 aliphatic heterocycles. The lowest BCUT2D eigenvalue weighted by Gasteiger charge is -2.29. The van der Waals surface area contributed by atoms with E-state index in [1.54, 1.807) is 24.3 Å². The van der Waals surface area contributed by atoms with Crippen LogP contribution >= 0.6 is 57.6 Å². The third kappa shape index (κ3) is 4.64. The van der Waals surface area contributed by atoms with Crippen molar-refractivity contribution in [1.29, 1.82) is 0 Å². The van der Waals surface area contributed by atoms with Crippen molar-refractivity contribution in [2.75, 3.05) is 10.2 Å². The quantitative estimate of drug-likeness (QED) is 0.277. The molecule has 39 heavy (non-hydrogen) atoms. The van der Waals surface area contributed by atoms with Gasteiger partial charge in [0, 0.05) is 21.4 Å². The van der Waals surface area contributed by atoms with Gasteiger partial charge < -0.3 is 5.32 Å². The first-order valence-corrected chi connectivity index (χ1v) is 15.2. The molecule has 1 saturated heterocycles. The Balaban J connectivity index is 1.37. The summed E-state index contributed by atoms with van der Waals surface area (Å²) in [7, 11) is 0. The SMILES string of the molecule is Cc1ccc(N2C(=O)C3Sc4c(sc(=O)n4CC(=O)Nc4ccc(Cl)c(Cl)c4)C(c4cccs4)C3C2=O)cc1. The number of nitrogens with zero attached hydrogens (tertiary/aromatic N) is 2. The van der Waals surface area contributed by atoms with Gasteiger partial charge in [-0.1, -0.05) is 70.1 Å². The van der Waals surface area contributed by atoms with Crippen LogP contribution in [0.1, 0.15) is 21.2 Å². The maximum absolute atomic E-state index is 13.8. The van der Waals surface area contributed by atoms with Gasteiger partial charge in [-0.25, -0.2) is 4.90 Å². The van der Waals surface area contributed by atoms with E-state index in [0.717, 1.165) is 21.8 Å². The maximum atomic E-state index is 13.8. The first-order valence-electron chi connectivity index (χ1n) is 11.9. The predicted molar refractivity (Wildman–Crippen MR) is 157 cm³/mol. The van der Waals surface area contributed by atoms with Crippen molar-refractivity contribution in [2.24, 2.45) is 5.92 Å². The normalized spacial score (nSPS) is 20.2. The Morgan fingerprint density at radius 3 is 2.46 bits per heavy atom. The van der Waals surface area contributed by atoms with Crippen LogP contribution in [-0.4, -0.2) is 27.5 Å². The van der Waals surface area contributed by atoms with Gasteiger partial charge in [-0.05, 0) is 48.7 Å². The van der Waals surface area contributed by atoms with Gasteiger partial charge in [0.25, 0.3) is 0 Å². The molecule has 3 unspecified atom stereocenters. The van der Waals surface area contributed by atoms with Gasteiger partial charge >= 0.3 is 4.87 Å². The van der Waals surface area contributed by atoms with Gasteiger partial charge in [-0.15, -0.1) is 11.3 Å². The first kappa shape index (κ1) is 26.3. The van der Waals surface area contributed by atoms with Crippen LogP contribution in [0.25, 0.3) is 0 Å². The van der Waals surface area contributed by atoms with Crippen LogP contribution in [0.3, 0.4) is 0 Å². The van der Waals surface area contributed by atoms with Crippen molar-refractivity contribution in [3.8, 4) is 0 Å². The summed E-state index contributed by atoms with van der Waals surface area (Å²) in [4.78, 5) is 56.2. The number of benzene rings is 2. The van der Waals surface area contributed by atoms with Crippen LogP contribution in [0.5, 0.6) is 0 Å². The van der Waals surface area contributed by atoms with E-state index >= 15 is 0 Å². The van der Waals surface area contributed by atoms with E-state index in [-0.39, 0.29) is 23.2 Å². The minimum absolute atomic E-state index is 0.254. The number of aryl methyl sites for hydroxylation is 1. The highest BCUT2D eigenvalue weighted by atomic mass is 35.5. The lowest BCUT2D eigenvalue weighted by Crippen LogP contribution is -2.32. The molecule has 0 spiro atoms. The van der Waals surface area contributed by atoms with E-state index in [1.807, 2.05) is 36.6 Å². The Morgan fingerprint density at radius 2 is 1.77 bits per heavy atom. The maximum Gasteiger partial charge on any atom is 0.308 e. The van der Waals surface area contributed by atoms with Crippen molar-refractivity contribution in [2.45, 2.75) is 29.7 Å². The number of fused-ring (bicyclic) bond motifs is 2. The minimum atomic E-state index is -0.725. The molecule has 3 amide bonds. The molecule has 7 nitrogen and oxygen atoms in total. The molecule has 0 aliphatic carbocycles. The smallest absolute Gasteiger partial charge is 0.308 e. The van der Waals surface area contributed by atoms with Gasteiger partial charge in [-0.3, -0.25) is 23.7 Å². The average Bonchev–Trinajstić information content (AvgIpc) is 3.60. The van der Waals surface area contributed by atoms with E-state index in [2.05, 4.69) is 5.32 Å². The van der Waals surface area contributed by atoms with Crippen LogP contribution in [-0.2, 0) is 20.9 Å². The lowest BCUT2D eigenvalue weighted by atomic mass is 9.87. The number of hydrogen-bond acceptors (Lipinski definition) is 7. The monoisotopic (exact) mass is 615 g/mol. The molecule has 0 bridgehead atoms. The van der Waals surface area contributed by atoms with Crippen LogP contribution in [0.15, 0.2) is 69.8 Å². The zero-order valence-electron chi connectivity index (χ0n) is 20.2. The third-order valence-electron chi connectivity index (χ3n) is 6.70. The molecular formula is C27H19Cl2N3O4S3. The number of thiazole rings is 1. The van der Waals surface area contributed by atoms with Gasteiger partial charge in [0.05, 0.1) is 26.7 Å². The van der Waals surface area contributed by atoms with Crippen LogP contribution in [0.2, 0.25) is 10.0 Å². The fourth-order valence-corrected chi connectivity index (χ4v) is 8.92. The van der Waals surface area contributed by atoms with Crippen molar-refractivity contribution in [3.63, 3.8) is 0 Å².